The average Bonchev–Trinajstić information content (AvgIpc) is 2.50. The number of carbonyl (C=O) groups excluding carboxylic acids is 2. The van der Waals surface area contributed by atoms with Crippen LogP contribution in [0, 0.1) is 5.92 Å². The second-order valence-corrected chi connectivity index (χ2v) is 6.53. The number of hydrogen-bond donors (Lipinski definition) is 6. The normalized spacial score (nSPS) is 14.8. The quantitative estimate of drug-likeness (QED) is 0.203. The molecule has 0 aliphatic heterocycles. The number of hydrogen-bond acceptors (Lipinski definition) is 6. The highest BCUT2D eigenvalue weighted by molar-refractivity contribution is 7.80. The Balaban J connectivity index is 4.85. The molecule has 0 aromatic heterocycles. The molecule has 0 heterocycles. The fourth-order valence-corrected chi connectivity index (χ4v) is 2.36. The summed E-state index contributed by atoms with van der Waals surface area (Å²) in [5.74, 6) is -1.96. The summed E-state index contributed by atoms with van der Waals surface area (Å²) in [6.07, 6.45) is 2.19. The van der Waals surface area contributed by atoms with E-state index in [4.69, 9.17) is 16.6 Å². The Morgan fingerprint density at radius 1 is 1.08 bits per heavy atom. The molecule has 0 saturated heterocycles. The maximum absolute atomic E-state index is 12.3. The van der Waals surface area contributed by atoms with Gasteiger partial charge in [0, 0.05) is 5.75 Å². The fourth-order valence-electron chi connectivity index (χ4n) is 2.11. The summed E-state index contributed by atoms with van der Waals surface area (Å²) in [5.41, 5.74) is 11.3. The molecule has 0 fully saturated rings. The van der Waals surface area contributed by atoms with E-state index in [0.717, 1.165) is 0 Å². The van der Waals surface area contributed by atoms with Gasteiger partial charge in [0.2, 0.25) is 11.8 Å². The van der Waals surface area contributed by atoms with Gasteiger partial charge in [-0.15, -0.1) is 0 Å². The van der Waals surface area contributed by atoms with E-state index in [1.807, 2.05) is 13.8 Å². The van der Waals surface area contributed by atoms with Crippen molar-refractivity contribution in [3.8, 4) is 0 Å². The maximum atomic E-state index is 12.3. The lowest BCUT2D eigenvalue weighted by Crippen LogP contribution is -2.55. The standard InChI is InChI=1S/C15H30N4O4S/c1-9(2)7-10(17)13(20)18-11(5-3-4-6-16)14(21)19-12(8-24)15(22)23/h9-12,24H,3-8,16-17H2,1-2H3,(H,18,20)(H,19,21)(H,22,23). The number of rotatable bonds is 12. The molecule has 0 aliphatic carbocycles. The summed E-state index contributed by atoms with van der Waals surface area (Å²) in [4.78, 5) is 35.5. The van der Waals surface area contributed by atoms with Crippen molar-refractivity contribution in [1.29, 1.82) is 0 Å². The Hall–Kier alpha value is -1.32. The highest BCUT2D eigenvalue weighted by Gasteiger charge is 2.27. The first-order valence-corrected chi connectivity index (χ1v) is 8.76. The van der Waals surface area contributed by atoms with Crippen LogP contribution in [0.3, 0.4) is 0 Å². The molecule has 0 saturated carbocycles. The van der Waals surface area contributed by atoms with Gasteiger partial charge >= 0.3 is 5.97 Å². The van der Waals surface area contributed by atoms with E-state index in [1.54, 1.807) is 0 Å². The van der Waals surface area contributed by atoms with Gasteiger partial charge in [-0.05, 0) is 38.1 Å². The molecule has 0 bridgehead atoms. The Bertz CT molecular complexity index is 420. The molecule has 9 heteroatoms. The third kappa shape index (κ3) is 9.09. The molecule has 0 aromatic carbocycles. The Morgan fingerprint density at radius 2 is 1.67 bits per heavy atom. The van der Waals surface area contributed by atoms with Gasteiger partial charge < -0.3 is 27.2 Å². The van der Waals surface area contributed by atoms with Gasteiger partial charge in [0.05, 0.1) is 6.04 Å². The SMILES string of the molecule is CC(C)CC(N)C(=O)NC(CCCCN)C(=O)NC(CS)C(=O)O. The molecule has 24 heavy (non-hydrogen) atoms. The average molecular weight is 362 g/mol. The van der Waals surface area contributed by atoms with Gasteiger partial charge in [0.25, 0.3) is 0 Å². The first-order valence-electron chi connectivity index (χ1n) is 8.12. The van der Waals surface area contributed by atoms with Crippen molar-refractivity contribution >= 4 is 30.4 Å². The lowest BCUT2D eigenvalue weighted by Gasteiger charge is -2.23. The second-order valence-electron chi connectivity index (χ2n) is 6.16. The highest BCUT2D eigenvalue weighted by Crippen LogP contribution is 2.06. The van der Waals surface area contributed by atoms with E-state index in [2.05, 4.69) is 23.3 Å². The smallest absolute Gasteiger partial charge is 0.327 e. The third-order valence-electron chi connectivity index (χ3n) is 3.44. The predicted molar refractivity (Wildman–Crippen MR) is 95.7 cm³/mol. The van der Waals surface area contributed by atoms with Gasteiger partial charge in [0.1, 0.15) is 12.1 Å². The minimum atomic E-state index is -1.18. The van der Waals surface area contributed by atoms with E-state index in [9.17, 15) is 14.4 Å². The molecule has 140 valence electrons. The number of nitrogens with one attached hydrogen (secondary N) is 2. The van der Waals surface area contributed by atoms with E-state index in [1.165, 1.54) is 0 Å². The molecular weight excluding hydrogens is 332 g/mol. The molecule has 3 unspecified atom stereocenters. The minimum absolute atomic E-state index is 0.0442. The molecule has 0 aromatic rings. The van der Waals surface area contributed by atoms with Gasteiger partial charge in [-0.3, -0.25) is 9.59 Å². The van der Waals surface area contributed by atoms with Crippen LogP contribution in [0.4, 0.5) is 0 Å². The van der Waals surface area contributed by atoms with Crippen LogP contribution in [0.25, 0.3) is 0 Å². The molecule has 2 amide bonds. The van der Waals surface area contributed by atoms with Crippen molar-refractivity contribution in [3.05, 3.63) is 0 Å². The summed E-state index contributed by atoms with van der Waals surface area (Å²) < 4.78 is 0. The summed E-state index contributed by atoms with van der Waals surface area (Å²) in [6.45, 7) is 4.37. The van der Waals surface area contributed by atoms with Crippen LogP contribution < -0.4 is 22.1 Å². The molecule has 0 aliphatic rings. The number of nitrogens with two attached hydrogens (primary N) is 2. The molecule has 3 atom stereocenters. The van der Waals surface area contributed by atoms with Gasteiger partial charge in [0.15, 0.2) is 0 Å². The van der Waals surface area contributed by atoms with Crippen molar-refractivity contribution in [2.45, 2.75) is 57.7 Å². The lowest BCUT2D eigenvalue weighted by atomic mass is 10.0. The Labute approximate surface area is 148 Å². The topological polar surface area (TPSA) is 148 Å². The largest absolute Gasteiger partial charge is 0.480 e. The molecule has 0 spiro atoms. The molecule has 0 radical (unpaired) electrons. The van der Waals surface area contributed by atoms with Crippen LogP contribution in [0.1, 0.15) is 39.5 Å². The number of aliphatic carboxylic acids is 1. The van der Waals surface area contributed by atoms with Crippen molar-refractivity contribution in [1.82, 2.24) is 10.6 Å². The van der Waals surface area contributed by atoms with Crippen LogP contribution in [-0.4, -0.2) is 53.3 Å². The predicted octanol–water partition coefficient (Wildman–Crippen LogP) is -0.527. The third-order valence-corrected chi connectivity index (χ3v) is 3.80. The van der Waals surface area contributed by atoms with E-state index in [-0.39, 0.29) is 11.7 Å². The number of carbonyl (C=O) groups is 3. The van der Waals surface area contributed by atoms with Gasteiger partial charge in [-0.2, -0.15) is 12.6 Å². The van der Waals surface area contributed by atoms with Crippen LogP contribution in [0.15, 0.2) is 0 Å². The second kappa shape index (κ2) is 12.1. The summed E-state index contributed by atoms with van der Waals surface area (Å²) in [7, 11) is 0. The number of carboxylic acid groups (broad SMARTS) is 1. The van der Waals surface area contributed by atoms with E-state index < -0.39 is 35.9 Å². The van der Waals surface area contributed by atoms with Crippen molar-refractivity contribution in [2.24, 2.45) is 17.4 Å². The molecule has 0 rings (SSSR count). The lowest BCUT2D eigenvalue weighted by molar-refractivity contribution is -0.141. The molecule has 7 N–H and O–H groups in total. The van der Waals surface area contributed by atoms with E-state index in [0.29, 0.717) is 32.2 Å². The Kier molecular flexibility index (Phi) is 11.4. The molecular formula is C15H30N4O4S. The zero-order valence-electron chi connectivity index (χ0n) is 14.3. The fraction of sp³-hybridized carbons (Fsp3) is 0.800. The number of thiol groups is 1. The van der Waals surface area contributed by atoms with Gasteiger partial charge in [-0.1, -0.05) is 13.8 Å². The van der Waals surface area contributed by atoms with Crippen molar-refractivity contribution in [3.63, 3.8) is 0 Å². The molecule has 8 nitrogen and oxygen atoms in total. The van der Waals surface area contributed by atoms with Crippen LogP contribution >= 0.6 is 12.6 Å². The van der Waals surface area contributed by atoms with Gasteiger partial charge in [-0.25, -0.2) is 4.79 Å². The van der Waals surface area contributed by atoms with Crippen LogP contribution in [0.2, 0.25) is 0 Å². The number of carboxylic acids is 1. The minimum Gasteiger partial charge on any atom is -0.480 e. The summed E-state index contributed by atoms with van der Waals surface area (Å²) >= 11 is 3.90. The number of unbranched alkanes of at least 4 members (excludes halogenated alkanes) is 1. The van der Waals surface area contributed by atoms with Crippen LogP contribution in [-0.2, 0) is 14.4 Å². The van der Waals surface area contributed by atoms with Crippen molar-refractivity contribution in [2.75, 3.05) is 12.3 Å². The number of amides is 2. The zero-order chi connectivity index (χ0) is 18.7. The van der Waals surface area contributed by atoms with E-state index >= 15 is 0 Å². The summed E-state index contributed by atoms with van der Waals surface area (Å²) in [5, 5.41) is 14.0. The van der Waals surface area contributed by atoms with Crippen molar-refractivity contribution < 1.29 is 19.5 Å². The Morgan fingerprint density at radius 3 is 2.12 bits per heavy atom. The zero-order valence-corrected chi connectivity index (χ0v) is 15.2. The highest BCUT2D eigenvalue weighted by atomic mass is 32.1. The first kappa shape index (κ1) is 22.7. The van der Waals surface area contributed by atoms with Crippen LogP contribution in [0.5, 0.6) is 0 Å². The summed E-state index contributed by atoms with van der Waals surface area (Å²) in [6, 6.07) is -2.67. The first-order chi connectivity index (χ1) is 11.2. The maximum Gasteiger partial charge on any atom is 0.327 e. The monoisotopic (exact) mass is 362 g/mol.